The van der Waals surface area contributed by atoms with Gasteiger partial charge in [-0.05, 0) is 23.8 Å². The lowest BCUT2D eigenvalue weighted by molar-refractivity contribution is 0.0953. The zero-order valence-corrected chi connectivity index (χ0v) is 11.1. The maximum absolute atomic E-state index is 11.5. The van der Waals surface area contributed by atoms with E-state index >= 15 is 0 Å². The van der Waals surface area contributed by atoms with Crippen molar-refractivity contribution < 1.29 is 4.79 Å². The fraction of sp³-hybridized carbons (Fsp3) is 0.462. The highest BCUT2D eigenvalue weighted by Gasteiger charge is 2.08. The van der Waals surface area contributed by atoms with E-state index in [1.54, 1.807) is 0 Å². The number of unbranched alkanes of at least 4 members (excludes halogenated alkanes) is 2. The number of nitrogens with one attached hydrogen (secondary N) is 1. The molecule has 1 amide bonds. The van der Waals surface area contributed by atoms with Crippen LogP contribution in [0.5, 0.6) is 0 Å². The predicted octanol–water partition coefficient (Wildman–Crippen LogP) is 2.71. The van der Waals surface area contributed by atoms with E-state index in [4.69, 9.17) is 5.84 Å². The van der Waals surface area contributed by atoms with Crippen LogP contribution in [0.2, 0.25) is 0 Å². The minimum Gasteiger partial charge on any atom is -0.290 e. The Hall–Kier alpha value is -1.00. The minimum atomic E-state index is -0.213. The second-order valence-corrected chi connectivity index (χ2v) is 5.00. The summed E-state index contributed by atoms with van der Waals surface area (Å²) in [6.07, 6.45) is 3.76. The van der Waals surface area contributed by atoms with Gasteiger partial charge in [0.1, 0.15) is 0 Å². The van der Waals surface area contributed by atoms with Gasteiger partial charge in [0, 0.05) is 11.3 Å². The van der Waals surface area contributed by atoms with Crippen molar-refractivity contribution in [1.82, 2.24) is 5.43 Å². The zero-order chi connectivity index (χ0) is 12.5. The Labute approximate surface area is 107 Å². The monoisotopic (exact) mass is 252 g/mol. The molecule has 0 saturated carbocycles. The summed E-state index contributed by atoms with van der Waals surface area (Å²) in [6, 6.07) is 7.60. The van der Waals surface area contributed by atoms with Crippen molar-refractivity contribution in [3.05, 3.63) is 35.4 Å². The molecule has 0 bridgehead atoms. The largest absolute Gasteiger partial charge is 0.290 e. The maximum atomic E-state index is 11.5. The topological polar surface area (TPSA) is 55.1 Å². The number of hydrazine groups is 1. The van der Waals surface area contributed by atoms with E-state index in [1.165, 1.54) is 19.3 Å². The van der Waals surface area contributed by atoms with Gasteiger partial charge in [-0.15, -0.1) is 0 Å². The Morgan fingerprint density at radius 1 is 1.35 bits per heavy atom. The molecule has 0 aliphatic rings. The molecule has 4 heteroatoms. The van der Waals surface area contributed by atoms with E-state index in [1.807, 2.05) is 36.0 Å². The van der Waals surface area contributed by atoms with E-state index in [0.717, 1.165) is 17.1 Å². The van der Waals surface area contributed by atoms with Crippen LogP contribution in [0.3, 0.4) is 0 Å². The second-order valence-electron chi connectivity index (χ2n) is 3.89. The van der Waals surface area contributed by atoms with Crippen molar-refractivity contribution in [1.29, 1.82) is 0 Å². The summed E-state index contributed by atoms with van der Waals surface area (Å²) in [4.78, 5) is 11.5. The molecule has 3 nitrogen and oxygen atoms in total. The first-order chi connectivity index (χ1) is 8.29. The van der Waals surface area contributed by atoms with Crippen molar-refractivity contribution in [2.45, 2.75) is 31.9 Å². The number of rotatable bonds is 7. The number of nitrogen functional groups attached to an aromatic ring is 1. The molecule has 0 aliphatic carbocycles. The van der Waals surface area contributed by atoms with Crippen molar-refractivity contribution in [3.8, 4) is 0 Å². The van der Waals surface area contributed by atoms with E-state index in [2.05, 4.69) is 12.3 Å². The van der Waals surface area contributed by atoms with Crippen LogP contribution >= 0.6 is 11.8 Å². The van der Waals surface area contributed by atoms with Crippen LogP contribution in [0.4, 0.5) is 0 Å². The third kappa shape index (κ3) is 4.79. The molecule has 0 spiro atoms. The molecule has 94 valence electrons. The average Bonchev–Trinajstić information content (AvgIpc) is 2.38. The van der Waals surface area contributed by atoms with Crippen LogP contribution in [0, 0.1) is 0 Å². The molecule has 17 heavy (non-hydrogen) atoms. The lowest BCUT2D eigenvalue weighted by Crippen LogP contribution is -2.30. The number of hydrogen-bond donors (Lipinski definition) is 2. The van der Waals surface area contributed by atoms with E-state index < -0.39 is 0 Å². The smallest absolute Gasteiger partial charge is 0.265 e. The first-order valence-electron chi connectivity index (χ1n) is 5.96. The lowest BCUT2D eigenvalue weighted by Gasteiger charge is -2.07. The molecule has 1 aromatic rings. The Bertz CT molecular complexity index is 355. The van der Waals surface area contributed by atoms with Gasteiger partial charge in [-0.2, -0.15) is 11.8 Å². The summed E-state index contributed by atoms with van der Waals surface area (Å²) in [5, 5.41) is 0. The Morgan fingerprint density at radius 3 is 2.82 bits per heavy atom. The highest BCUT2D eigenvalue weighted by molar-refractivity contribution is 7.98. The minimum absolute atomic E-state index is 0.213. The third-order valence-corrected chi connectivity index (χ3v) is 3.64. The van der Waals surface area contributed by atoms with Crippen molar-refractivity contribution in [2.24, 2.45) is 5.84 Å². The summed E-state index contributed by atoms with van der Waals surface area (Å²) in [5.41, 5.74) is 3.92. The number of benzene rings is 1. The molecular formula is C13H20N2OS. The van der Waals surface area contributed by atoms with Gasteiger partial charge in [0.05, 0.1) is 0 Å². The standard InChI is InChI=1S/C13H20N2OS/c1-2-3-6-9-17-10-11-7-4-5-8-12(11)13(16)15-14/h4-5,7-8H,2-3,6,9-10,14H2,1H3,(H,15,16). The van der Waals surface area contributed by atoms with Gasteiger partial charge in [-0.3, -0.25) is 10.2 Å². The molecule has 1 aromatic carbocycles. The van der Waals surface area contributed by atoms with Gasteiger partial charge in [0.2, 0.25) is 0 Å². The fourth-order valence-electron chi connectivity index (χ4n) is 1.58. The first kappa shape index (κ1) is 14.1. The predicted molar refractivity (Wildman–Crippen MR) is 73.8 cm³/mol. The molecule has 0 saturated heterocycles. The lowest BCUT2D eigenvalue weighted by atomic mass is 10.1. The second kappa shape index (κ2) is 8.14. The number of hydrogen-bond acceptors (Lipinski definition) is 3. The van der Waals surface area contributed by atoms with Gasteiger partial charge in [-0.1, -0.05) is 38.0 Å². The van der Waals surface area contributed by atoms with E-state index in [9.17, 15) is 4.79 Å². The normalized spacial score (nSPS) is 10.2. The van der Waals surface area contributed by atoms with Gasteiger partial charge in [0.25, 0.3) is 5.91 Å². The Balaban J connectivity index is 2.49. The van der Waals surface area contributed by atoms with Crippen molar-refractivity contribution in [2.75, 3.05) is 5.75 Å². The van der Waals surface area contributed by atoms with E-state index in [-0.39, 0.29) is 5.91 Å². The van der Waals surface area contributed by atoms with Gasteiger partial charge >= 0.3 is 0 Å². The van der Waals surface area contributed by atoms with E-state index in [0.29, 0.717) is 5.56 Å². The summed E-state index contributed by atoms with van der Waals surface area (Å²) < 4.78 is 0. The van der Waals surface area contributed by atoms with Crippen molar-refractivity contribution in [3.63, 3.8) is 0 Å². The van der Waals surface area contributed by atoms with Crippen LogP contribution in [0.15, 0.2) is 24.3 Å². The fourth-order valence-corrected chi connectivity index (χ4v) is 2.61. The number of amides is 1. The molecule has 0 heterocycles. The summed E-state index contributed by atoms with van der Waals surface area (Å²) in [5.74, 6) is 6.96. The SMILES string of the molecule is CCCCCSCc1ccccc1C(=O)NN. The van der Waals surface area contributed by atoms with Gasteiger partial charge in [-0.25, -0.2) is 5.84 Å². The van der Waals surface area contributed by atoms with Crippen molar-refractivity contribution >= 4 is 17.7 Å². The number of carbonyl (C=O) groups is 1. The van der Waals surface area contributed by atoms with Crippen LogP contribution in [-0.4, -0.2) is 11.7 Å². The molecular weight excluding hydrogens is 232 g/mol. The summed E-state index contributed by atoms with van der Waals surface area (Å²) in [7, 11) is 0. The zero-order valence-electron chi connectivity index (χ0n) is 10.2. The highest BCUT2D eigenvalue weighted by atomic mass is 32.2. The molecule has 0 fully saturated rings. The quantitative estimate of drug-likeness (QED) is 0.339. The molecule has 0 atom stereocenters. The maximum Gasteiger partial charge on any atom is 0.265 e. The number of thioether (sulfide) groups is 1. The average molecular weight is 252 g/mol. The Kier molecular flexibility index (Phi) is 6.74. The molecule has 1 rings (SSSR count). The highest BCUT2D eigenvalue weighted by Crippen LogP contribution is 2.17. The number of carbonyl (C=O) groups excluding carboxylic acids is 1. The van der Waals surface area contributed by atoms with Crippen LogP contribution in [0.1, 0.15) is 42.1 Å². The number of nitrogens with two attached hydrogens (primary N) is 1. The molecule has 0 radical (unpaired) electrons. The molecule has 0 aliphatic heterocycles. The first-order valence-corrected chi connectivity index (χ1v) is 7.11. The van der Waals surface area contributed by atoms with Gasteiger partial charge in [0.15, 0.2) is 0 Å². The van der Waals surface area contributed by atoms with Gasteiger partial charge < -0.3 is 0 Å². The van der Waals surface area contributed by atoms with Crippen LogP contribution in [-0.2, 0) is 5.75 Å². The summed E-state index contributed by atoms with van der Waals surface area (Å²) in [6.45, 7) is 2.20. The third-order valence-electron chi connectivity index (χ3n) is 2.54. The van der Waals surface area contributed by atoms with Crippen LogP contribution in [0.25, 0.3) is 0 Å². The Morgan fingerprint density at radius 2 is 2.12 bits per heavy atom. The molecule has 3 N–H and O–H groups in total. The molecule has 0 unspecified atom stereocenters. The summed E-state index contributed by atoms with van der Waals surface area (Å²) >= 11 is 1.87. The van der Waals surface area contributed by atoms with Crippen LogP contribution < -0.4 is 11.3 Å². The molecule has 0 aromatic heterocycles.